The summed E-state index contributed by atoms with van der Waals surface area (Å²) in [5, 5.41) is 0. The molecule has 1 aromatic carbocycles. The molecule has 1 amide bonds. The molecule has 0 aromatic heterocycles. The number of nitrogens with zero attached hydrogens (tertiary/aromatic N) is 1. The Morgan fingerprint density at radius 3 is 2.74 bits per heavy atom. The Kier molecular flexibility index (Phi) is 5.06. The lowest BCUT2D eigenvalue weighted by Crippen LogP contribution is -2.41. The van der Waals surface area contributed by atoms with Crippen molar-refractivity contribution in [1.29, 1.82) is 0 Å². The van der Waals surface area contributed by atoms with Crippen molar-refractivity contribution in [3.8, 4) is 11.5 Å². The predicted molar refractivity (Wildman–Crippen MR) is 86.8 cm³/mol. The quantitative estimate of drug-likeness (QED) is 0.856. The van der Waals surface area contributed by atoms with Gasteiger partial charge in [-0.25, -0.2) is 0 Å². The molecule has 0 N–H and O–H groups in total. The molecule has 3 rings (SSSR count). The first kappa shape index (κ1) is 16.1. The van der Waals surface area contributed by atoms with E-state index in [4.69, 9.17) is 14.2 Å². The number of likely N-dealkylation sites (tertiary alicyclic amines) is 1. The van der Waals surface area contributed by atoms with Crippen LogP contribution < -0.4 is 9.47 Å². The number of rotatable bonds is 4. The third kappa shape index (κ3) is 3.29. The molecule has 2 aliphatic rings. The zero-order chi connectivity index (χ0) is 16.2. The molecule has 0 unspecified atom stereocenters. The van der Waals surface area contributed by atoms with Crippen molar-refractivity contribution < 1.29 is 19.0 Å². The van der Waals surface area contributed by atoms with Crippen LogP contribution in [0.3, 0.4) is 0 Å². The highest BCUT2D eigenvalue weighted by molar-refractivity contribution is 5.82. The van der Waals surface area contributed by atoms with Crippen molar-refractivity contribution in [2.24, 2.45) is 0 Å². The van der Waals surface area contributed by atoms with Gasteiger partial charge in [-0.2, -0.15) is 0 Å². The first-order valence-electron chi connectivity index (χ1n) is 8.38. The summed E-state index contributed by atoms with van der Waals surface area (Å²) in [5.41, 5.74) is 1.05. The number of amides is 1. The average Bonchev–Trinajstić information content (AvgIpc) is 3.10. The molecule has 0 saturated carbocycles. The SMILES string of the molecule is COc1ccc([C@@H]2CCCN2C(=O)[C@H]2CCCCO2)c(OC)c1. The van der Waals surface area contributed by atoms with Gasteiger partial charge in [0, 0.05) is 24.8 Å². The fraction of sp³-hybridized carbons (Fsp3) is 0.611. The van der Waals surface area contributed by atoms with Crippen LogP contribution in [0.5, 0.6) is 11.5 Å². The van der Waals surface area contributed by atoms with Gasteiger partial charge < -0.3 is 19.1 Å². The third-order valence-corrected chi connectivity index (χ3v) is 4.79. The van der Waals surface area contributed by atoms with Gasteiger partial charge in [-0.3, -0.25) is 4.79 Å². The fourth-order valence-electron chi connectivity index (χ4n) is 3.57. The Labute approximate surface area is 137 Å². The first-order valence-corrected chi connectivity index (χ1v) is 8.38. The highest BCUT2D eigenvalue weighted by atomic mass is 16.5. The molecule has 2 saturated heterocycles. The minimum absolute atomic E-state index is 0.0638. The van der Waals surface area contributed by atoms with E-state index in [1.54, 1.807) is 14.2 Å². The molecule has 0 radical (unpaired) electrons. The molecule has 0 spiro atoms. The van der Waals surface area contributed by atoms with Crippen LogP contribution in [0.1, 0.15) is 43.7 Å². The minimum atomic E-state index is -0.270. The van der Waals surface area contributed by atoms with E-state index in [2.05, 4.69) is 0 Å². The van der Waals surface area contributed by atoms with Gasteiger partial charge in [-0.05, 0) is 44.2 Å². The van der Waals surface area contributed by atoms with Gasteiger partial charge in [0.1, 0.15) is 17.6 Å². The van der Waals surface area contributed by atoms with Crippen molar-refractivity contribution >= 4 is 5.91 Å². The molecule has 1 aromatic rings. The molecular formula is C18H25NO4. The zero-order valence-corrected chi connectivity index (χ0v) is 13.9. The minimum Gasteiger partial charge on any atom is -0.497 e. The summed E-state index contributed by atoms with van der Waals surface area (Å²) in [4.78, 5) is 14.8. The summed E-state index contributed by atoms with van der Waals surface area (Å²) in [7, 11) is 3.30. The number of benzene rings is 1. The zero-order valence-electron chi connectivity index (χ0n) is 13.9. The average molecular weight is 319 g/mol. The maximum Gasteiger partial charge on any atom is 0.252 e. The van der Waals surface area contributed by atoms with Crippen LogP contribution in [0.25, 0.3) is 0 Å². The van der Waals surface area contributed by atoms with Gasteiger partial charge in [-0.1, -0.05) is 0 Å². The van der Waals surface area contributed by atoms with Crippen molar-refractivity contribution in [3.63, 3.8) is 0 Å². The third-order valence-electron chi connectivity index (χ3n) is 4.79. The largest absolute Gasteiger partial charge is 0.497 e. The lowest BCUT2D eigenvalue weighted by atomic mass is 10.0. The highest BCUT2D eigenvalue weighted by Gasteiger charge is 2.36. The van der Waals surface area contributed by atoms with Crippen molar-refractivity contribution in [2.45, 2.75) is 44.2 Å². The Balaban J connectivity index is 1.82. The molecular weight excluding hydrogens is 294 g/mol. The summed E-state index contributed by atoms with van der Waals surface area (Å²) in [6.45, 7) is 1.49. The summed E-state index contributed by atoms with van der Waals surface area (Å²) < 4.78 is 16.5. The second-order valence-corrected chi connectivity index (χ2v) is 6.15. The topological polar surface area (TPSA) is 48.0 Å². The Hall–Kier alpha value is -1.75. The summed E-state index contributed by atoms with van der Waals surface area (Å²) in [6.07, 6.45) is 4.66. The second kappa shape index (κ2) is 7.21. The lowest BCUT2D eigenvalue weighted by molar-refractivity contribution is -0.147. The lowest BCUT2D eigenvalue weighted by Gasteiger charge is -2.31. The van der Waals surface area contributed by atoms with E-state index in [1.165, 1.54) is 0 Å². The maximum atomic E-state index is 12.8. The number of hydrogen-bond acceptors (Lipinski definition) is 4. The van der Waals surface area contributed by atoms with Gasteiger partial charge in [-0.15, -0.1) is 0 Å². The van der Waals surface area contributed by atoms with Crippen LogP contribution in [0.4, 0.5) is 0 Å². The normalized spacial score (nSPS) is 24.5. The monoisotopic (exact) mass is 319 g/mol. The molecule has 2 atom stereocenters. The Bertz CT molecular complexity index is 554. The molecule has 0 bridgehead atoms. The molecule has 2 heterocycles. The number of carbonyl (C=O) groups is 1. The number of carbonyl (C=O) groups excluding carboxylic acids is 1. The number of hydrogen-bond donors (Lipinski definition) is 0. The summed E-state index contributed by atoms with van der Waals surface area (Å²) in [5.74, 6) is 1.67. The van der Waals surface area contributed by atoms with Gasteiger partial charge in [0.05, 0.1) is 20.3 Å². The van der Waals surface area contributed by atoms with E-state index in [9.17, 15) is 4.79 Å². The molecule has 5 nitrogen and oxygen atoms in total. The molecule has 126 valence electrons. The summed E-state index contributed by atoms with van der Waals surface area (Å²) >= 11 is 0. The predicted octanol–water partition coefficient (Wildman–Crippen LogP) is 2.94. The van der Waals surface area contributed by atoms with E-state index in [1.807, 2.05) is 23.1 Å². The second-order valence-electron chi connectivity index (χ2n) is 6.15. The van der Waals surface area contributed by atoms with E-state index >= 15 is 0 Å². The van der Waals surface area contributed by atoms with E-state index in [-0.39, 0.29) is 18.1 Å². The van der Waals surface area contributed by atoms with Crippen LogP contribution in [0.2, 0.25) is 0 Å². The van der Waals surface area contributed by atoms with Crippen molar-refractivity contribution in [2.75, 3.05) is 27.4 Å². The van der Waals surface area contributed by atoms with Gasteiger partial charge in [0.15, 0.2) is 0 Å². The van der Waals surface area contributed by atoms with E-state index < -0.39 is 0 Å². The molecule has 0 aliphatic carbocycles. The molecule has 23 heavy (non-hydrogen) atoms. The van der Waals surface area contributed by atoms with Crippen molar-refractivity contribution in [3.05, 3.63) is 23.8 Å². The highest BCUT2D eigenvalue weighted by Crippen LogP contribution is 2.39. The first-order chi connectivity index (χ1) is 11.2. The van der Waals surface area contributed by atoms with E-state index in [0.29, 0.717) is 6.61 Å². The molecule has 2 aliphatic heterocycles. The van der Waals surface area contributed by atoms with Crippen LogP contribution in [-0.4, -0.2) is 44.3 Å². The fourth-order valence-corrected chi connectivity index (χ4v) is 3.57. The van der Waals surface area contributed by atoms with Gasteiger partial charge >= 0.3 is 0 Å². The standard InChI is InChI=1S/C18H25NO4/c1-21-13-8-9-14(17(12-13)22-2)15-6-5-10-19(15)18(20)16-7-3-4-11-23-16/h8-9,12,15-16H,3-7,10-11H2,1-2H3/t15-,16+/m0/s1. The van der Waals surface area contributed by atoms with Gasteiger partial charge in [0.2, 0.25) is 0 Å². The Morgan fingerprint density at radius 1 is 1.17 bits per heavy atom. The van der Waals surface area contributed by atoms with E-state index in [0.717, 1.165) is 55.7 Å². The Morgan fingerprint density at radius 2 is 2.04 bits per heavy atom. The van der Waals surface area contributed by atoms with Crippen LogP contribution in [-0.2, 0) is 9.53 Å². The van der Waals surface area contributed by atoms with Gasteiger partial charge in [0.25, 0.3) is 5.91 Å². The van der Waals surface area contributed by atoms with Crippen LogP contribution in [0.15, 0.2) is 18.2 Å². The smallest absolute Gasteiger partial charge is 0.252 e. The van der Waals surface area contributed by atoms with Crippen LogP contribution in [0, 0.1) is 0 Å². The number of ether oxygens (including phenoxy) is 3. The number of methoxy groups -OCH3 is 2. The van der Waals surface area contributed by atoms with Crippen molar-refractivity contribution in [1.82, 2.24) is 4.90 Å². The summed E-state index contributed by atoms with van der Waals surface area (Å²) in [6, 6.07) is 5.88. The molecule has 2 fully saturated rings. The molecule has 5 heteroatoms. The maximum absolute atomic E-state index is 12.8. The van der Waals surface area contributed by atoms with Crippen LogP contribution >= 0.6 is 0 Å².